The van der Waals surface area contributed by atoms with Crippen LogP contribution in [0.4, 0.5) is 21.6 Å². The highest BCUT2D eigenvalue weighted by molar-refractivity contribution is 5.73. The van der Waals surface area contributed by atoms with Gasteiger partial charge in [-0.2, -0.15) is 0 Å². The van der Waals surface area contributed by atoms with Crippen LogP contribution < -0.4 is 15.8 Å². The fourth-order valence-electron chi connectivity index (χ4n) is 1.57. The second-order valence-electron chi connectivity index (χ2n) is 3.86. The van der Waals surface area contributed by atoms with Crippen molar-refractivity contribution in [1.82, 2.24) is 4.98 Å². The molecule has 94 valence electrons. The molecule has 0 amide bonds. The Morgan fingerprint density at radius 1 is 1.33 bits per heavy atom. The molecule has 18 heavy (non-hydrogen) atoms. The number of aryl methyl sites for hydroxylation is 1. The van der Waals surface area contributed by atoms with E-state index in [1.165, 1.54) is 19.2 Å². The molecule has 0 atom stereocenters. The lowest BCUT2D eigenvalue weighted by Crippen LogP contribution is -2.02. The summed E-state index contributed by atoms with van der Waals surface area (Å²) in [6.45, 7) is 1.89. The molecule has 5 heteroatoms. The minimum Gasteiger partial charge on any atom is -0.494 e. The highest BCUT2D eigenvalue weighted by Gasteiger charge is 2.08. The van der Waals surface area contributed by atoms with Crippen molar-refractivity contribution >= 4 is 17.2 Å². The van der Waals surface area contributed by atoms with Crippen LogP contribution in [0, 0.1) is 12.7 Å². The van der Waals surface area contributed by atoms with E-state index in [1.54, 1.807) is 12.3 Å². The smallest absolute Gasteiger partial charge is 0.153 e. The van der Waals surface area contributed by atoms with Gasteiger partial charge in [0.25, 0.3) is 0 Å². The number of rotatable bonds is 3. The van der Waals surface area contributed by atoms with E-state index in [1.807, 2.05) is 13.0 Å². The number of nitrogens with one attached hydrogen (secondary N) is 1. The number of hydrogen-bond donors (Lipinski definition) is 2. The van der Waals surface area contributed by atoms with E-state index in [2.05, 4.69) is 10.3 Å². The molecule has 0 aliphatic rings. The molecule has 0 bridgehead atoms. The second kappa shape index (κ2) is 4.91. The third-order valence-corrected chi connectivity index (χ3v) is 2.62. The maximum atomic E-state index is 13.1. The van der Waals surface area contributed by atoms with Crippen molar-refractivity contribution in [3.63, 3.8) is 0 Å². The van der Waals surface area contributed by atoms with E-state index in [0.717, 1.165) is 5.56 Å². The number of aromatic nitrogens is 1. The summed E-state index contributed by atoms with van der Waals surface area (Å²) in [5, 5.41) is 3.03. The van der Waals surface area contributed by atoms with Gasteiger partial charge in [0.15, 0.2) is 5.82 Å². The zero-order chi connectivity index (χ0) is 13.1. The Bertz CT molecular complexity index is 572. The van der Waals surface area contributed by atoms with Gasteiger partial charge in [-0.3, -0.25) is 0 Å². The Hall–Kier alpha value is -2.30. The first-order valence-corrected chi connectivity index (χ1v) is 5.43. The minimum absolute atomic E-state index is 0.359. The average Bonchev–Trinajstić information content (AvgIpc) is 2.37. The standard InChI is InChI=1S/C13H14FN3O/c1-8-5-6-16-13(12(8)15)17-10-4-3-9(14)7-11(10)18-2/h3-7H,15H2,1-2H3,(H,16,17). The van der Waals surface area contributed by atoms with E-state index in [4.69, 9.17) is 10.5 Å². The van der Waals surface area contributed by atoms with Gasteiger partial charge in [-0.25, -0.2) is 9.37 Å². The van der Waals surface area contributed by atoms with Crippen LogP contribution in [0.5, 0.6) is 5.75 Å². The Morgan fingerprint density at radius 2 is 2.11 bits per heavy atom. The molecular weight excluding hydrogens is 233 g/mol. The Kier molecular flexibility index (Phi) is 3.32. The predicted molar refractivity (Wildman–Crippen MR) is 69.6 cm³/mol. The maximum Gasteiger partial charge on any atom is 0.153 e. The van der Waals surface area contributed by atoms with Crippen molar-refractivity contribution in [3.8, 4) is 5.75 Å². The number of nitrogen functional groups attached to an aromatic ring is 1. The van der Waals surface area contributed by atoms with Crippen molar-refractivity contribution in [2.45, 2.75) is 6.92 Å². The van der Waals surface area contributed by atoms with Gasteiger partial charge in [0.1, 0.15) is 11.6 Å². The largest absolute Gasteiger partial charge is 0.494 e. The number of benzene rings is 1. The summed E-state index contributed by atoms with van der Waals surface area (Å²) in [5.41, 5.74) is 8.01. The van der Waals surface area contributed by atoms with Gasteiger partial charge in [0.05, 0.1) is 18.5 Å². The first kappa shape index (κ1) is 12.2. The maximum absolute atomic E-state index is 13.1. The Morgan fingerprint density at radius 3 is 2.83 bits per heavy atom. The van der Waals surface area contributed by atoms with Gasteiger partial charge >= 0.3 is 0 Å². The quantitative estimate of drug-likeness (QED) is 0.875. The summed E-state index contributed by atoms with van der Waals surface area (Å²) in [4.78, 5) is 4.15. The molecule has 2 rings (SSSR count). The van der Waals surface area contributed by atoms with Crippen LogP contribution in [0.2, 0.25) is 0 Å². The molecule has 3 N–H and O–H groups in total. The predicted octanol–water partition coefficient (Wildman–Crippen LogP) is 2.86. The zero-order valence-electron chi connectivity index (χ0n) is 10.2. The monoisotopic (exact) mass is 247 g/mol. The first-order valence-electron chi connectivity index (χ1n) is 5.43. The normalized spacial score (nSPS) is 10.2. The van der Waals surface area contributed by atoms with Gasteiger partial charge in [0.2, 0.25) is 0 Å². The van der Waals surface area contributed by atoms with Crippen molar-refractivity contribution in [2.75, 3.05) is 18.2 Å². The SMILES string of the molecule is COc1cc(F)ccc1Nc1nccc(C)c1N. The van der Waals surface area contributed by atoms with Gasteiger partial charge in [-0.1, -0.05) is 0 Å². The third-order valence-electron chi connectivity index (χ3n) is 2.62. The molecule has 4 nitrogen and oxygen atoms in total. The minimum atomic E-state index is -0.359. The van der Waals surface area contributed by atoms with Gasteiger partial charge in [0, 0.05) is 12.3 Å². The van der Waals surface area contributed by atoms with Crippen LogP contribution in [0.3, 0.4) is 0 Å². The summed E-state index contributed by atoms with van der Waals surface area (Å²) < 4.78 is 18.2. The fraction of sp³-hybridized carbons (Fsp3) is 0.154. The molecule has 0 saturated carbocycles. The van der Waals surface area contributed by atoms with Crippen molar-refractivity contribution in [2.24, 2.45) is 0 Å². The molecule has 0 radical (unpaired) electrons. The number of pyridine rings is 1. The van der Waals surface area contributed by atoms with Crippen molar-refractivity contribution < 1.29 is 9.13 Å². The molecule has 1 aromatic carbocycles. The van der Waals surface area contributed by atoms with E-state index in [-0.39, 0.29) is 5.82 Å². The molecule has 1 aromatic heterocycles. The highest BCUT2D eigenvalue weighted by atomic mass is 19.1. The summed E-state index contributed by atoms with van der Waals surface area (Å²) >= 11 is 0. The molecular formula is C13H14FN3O. The highest BCUT2D eigenvalue weighted by Crippen LogP contribution is 2.30. The van der Waals surface area contributed by atoms with E-state index in [9.17, 15) is 4.39 Å². The van der Waals surface area contributed by atoms with Crippen molar-refractivity contribution in [1.29, 1.82) is 0 Å². The average molecular weight is 247 g/mol. The van der Waals surface area contributed by atoms with E-state index < -0.39 is 0 Å². The zero-order valence-corrected chi connectivity index (χ0v) is 10.2. The van der Waals surface area contributed by atoms with Crippen LogP contribution in [0.25, 0.3) is 0 Å². The number of anilines is 3. The summed E-state index contributed by atoms with van der Waals surface area (Å²) in [5.74, 6) is 0.570. The Balaban J connectivity index is 2.37. The number of nitrogens with zero attached hydrogens (tertiary/aromatic N) is 1. The van der Waals surface area contributed by atoms with Crippen LogP contribution >= 0.6 is 0 Å². The third kappa shape index (κ3) is 2.34. The topological polar surface area (TPSA) is 60.2 Å². The summed E-state index contributed by atoms with van der Waals surface area (Å²) in [6.07, 6.45) is 1.66. The lowest BCUT2D eigenvalue weighted by atomic mass is 10.2. The first-order chi connectivity index (χ1) is 8.61. The van der Waals surface area contributed by atoms with Crippen molar-refractivity contribution in [3.05, 3.63) is 41.8 Å². The molecule has 0 aliphatic carbocycles. The molecule has 1 heterocycles. The lowest BCUT2D eigenvalue weighted by molar-refractivity contribution is 0.413. The number of hydrogen-bond acceptors (Lipinski definition) is 4. The Labute approximate surface area is 105 Å². The van der Waals surface area contributed by atoms with E-state index in [0.29, 0.717) is 22.9 Å². The fourth-order valence-corrected chi connectivity index (χ4v) is 1.57. The number of ether oxygens (including phenoxy) is 1. The van der Waals surface area contributed by atoms with Gasteiger partial charge < -0.3 is 15.8 Å². The number of nitrogens with two attached hydrogens (primary N) is 1. The van der Waals surface area contributed by atoms with Crippen LogP contribution in [0.15, 0.2) is 30.5 Å². The summed E-state index contributed by atoms with van der Waals surface area (Å²) in [6, 6.07) is 6.05. The van der Waals surface area contributed by atoms with Gasteiger partial charge in [-0.15, -0.1) is 0 Å². The second-order valence-corrected chi connectivity index (χ2v) is 3.86. The van der Waals surface area contributed by atoms with E-state index >= 15 is 0 Å². The summed E-state index contributed by atoms with van der Waals surface area (Å²) in [7, 11) is 1.48. The molecule has 0 fully saturated rings. The molecule has 2 aromatic rings. The number of halogens is 1. The van der Waals surface area contributed by atoms with Crippen LogP contribution in [-0.2, 0) is 0 Å². The molecule has 0 saturated heterocycles. The molecule has 0 aliphatic heterocycles. The number of methoxy groups -OCH3 is 1. The lowest BCUT2D eigenvalue weighted by Gasteiger charge is -2.12. The van der Waals surface area contributed by atoms with Gasteiger partial charge in [-0.05, 0) is 30.7 Å². The molecule has 0 unspecified atom stereocenters. The molecule has 0 spiro atoms. The van der Waals surface area contributed by atoms with Crippen LogP contribution in [-0.4, -0.2) is 12.1 Å². The van der Waals surface area contributed by atoms with Crippen LogP contribution in [0.1, 0.15) is 5.56 Å².